The maximum atomic E-state index is 13.7. The minimum absolute atomic E-state index is 0.119. The molecule has 0 radical (unpaired) electrons. The molecule has 4 heteroatoms. The summed E-state index contributed by atoms with van der Waals surface area (Å²) in [4.78, 5) is 0. The molecule has 1 atom stereocenters. The van der Waals surface area contributed by atoms with Gasteiger partial charge in [0.2, 0.25) is 0 Å². The summed E-state index contributed by atoms with van der Waals surface area (Å²) in [5.41, 5.74) is 0.119. The highest BCUT2D eigenvalue weighted by molar-refractivity contribution is 9.10. The lowest BCUT2D eigenvalue weighted by Crippen LogP contribution is -2.19. The Balaban J connectivity index is 3.15. The highest BCUT2D eigenvalue weighted by Gasteiger charge is 2.19. The van der Waals surface area contributed by atoms with Crippen molar-refractivity contribution in [1.82, 2.24) is 5.32 Å². The van der Waals surface area contributed by atoms with E-state index < -0.39 is 11.6 Å². The zero-order valence-electron chi connectivity index (χ0n) is 8.78. The second kappa shape index (κ2) is 5.56. The van der Waals surface area contributed by atoms with Crippen LogP contribution in [0, 0.1) is 11.6 Å². The van der Waals surface area contributed by atoms with Crippen LogP contribution in [0.25, 0.3) is 0 Å². The normalized spacial score (nSPS) is 12.9. The summed E-state index contributed by atoms with van der Waals surface area (Å²) >= 11 is 3.06. The van der Waals surface area contributed by atoms with Crippen molar-refractivity contribution < 1.29 is 8.78 Å². The molecule has 15 heavy (non-hydrogen) atoms. The van der Waals surface area contributed by atoms with E-state index in [1.54, 1.807) is 7.05 Å². The van der Waals surface area contributed by atoms with Crippen molar-refractivity contribution in [2.45, 2.75) is 25.8 Å². The van der Waals surface area contributed by atoms with E-state index in [2.05, 4.69) is 21.2 Å². The predicted molar refractivity (Wildman–Crippen MR) is 60.8 cm³/mol. The van der Waals surface area contributed by atoms with Gasteiger partial charge in [0.1, 0.15) is 11.6 Å². The van der Waals surface area contributed by atoms with E-state index in [1.165, 1.54) is 12.1 Å². The van der Waals surface area contributed by atoms with Crippen molar-refractivity contribution in [1.29, 1.82) is 0 Å². The average molecular weight is 278 g/mol. The second-order valence-corrected chi connectivity index (χ2v) is 4.24. The number of nitrogens with one attached hydrogen (secondary N) is 1. The smallest absolute Gasteiger partial charge is 0.145 e. The maximum absolute atomic E-state index is 13.7. The zero-order valence-corrected chi connectivity index (χ0v) is 10.4. The monoisotopic (exact) mass is 277 g/mol. The third-order valence-electron chi connectivity index (χ3n) is 2.35. The molecule has 0 saturated carbocycles. The fourth-order valence-corrected chi connectivity index (χ4v) is 1.93. The first-order valence-corrected chi connectivity index (χ1v) is 5.71. The van der Waals surface area contributed by atoms with Crippen LogP contribution in [0.15, 0.2) is 16.6 Å². The number of hydrogen-bond acceptors (Lipinski definition) is 1. The average Bonchev–Trinajstić information content (AvgIpc) is 2.22. The van der Waals surface area contributed by atoms with Gasteiger partial charge in [0, 0.05) is 11.6 Å². The standard InChI is InChI=1S/C11H14BrF2N/c1-3-4-9(15-2)10-8(13)6-5-7(12)11(10)14/h5-6,9,15H,3-4H2,1-2H3. The minimum atomic E-state index is -0.511. The highest BCUT2D eigenvalue weighted by Crippen LogP contribution is 2.28. The molecule has 0 aliphatic rings. The van der Waals surface area contributed by atoms with Gasteiger partial charge in [-0.1, -0.05) is 13.3 Å². The highest BCUT2D eigenvalue weighted by atomic mass is 79.9. The molecule has 0 amide bonds. The maximum Gasteiger partial charge on any atom is 0.145 e. The third kappa shape index (κ3) is 2.75. The fourth-order valence-electron chi connectivity index (χ4n) is 1.58. The molecule has 1 unspecified atom stereocenters. The van der Waals surface area contributed by atoms with Crippen LogP contribution in [-0.4, -0.2) is 7.05 Å². The second-order valence-electron chi connectivity index (χ2n) is 3.39. The summed E-state index contributed by atoms with van der Waals surface area (Å²) in [6, 6.07) is 2.39. The van der Waals surface area contributed by atoms with Crippen molar-refractivity contribution in [2.75, 3.05) is 7.05 Å². The molecule has 0 aliphatic carbocycles. The molecule has 0 heterocycles. The van der Waals surface area contributed by atoms with Crippen molar-refractivity contribution in [2.24, 2.45) is 0 Å². The van der Waals surface area contributed by atoms with Crippen molar-refractivity contribution in [3.63, 3.8) is 0 Å². The third-order valence-corrected chi connectivity index (χ3v) is 2.97. The molecule has 1 rings (SSSR count). The molecule has 84 valence electrons. The van der Waals surface area contributed by atoms with E-state index in [0.717, 1.165) is 6.42 Å². The summed E-state index contributed by atoms with van der Waals surface area (Å²) in [7, 11) is 1.71. The molecule has 0 saturated heterocycles. The van der Waals surface area contributed by atoms with Crippen LogP contribution >= 0.6 is 15.9 Å². The molecule has 0 spiro atoms. The number of halogens is 3. The Labute approximate surface area is 97.0 Å². The lowest BCUT2D eigenvalue weighted by atomic mass is 10.0. The number of rotatable bonds is 4. The van der Waals surface area contributed by atoms with Crippen LogP contribution in [0.2, 0.25) is 0 Å². The van der Waals surface area contributed by atoms with Gasteiger partial charge in [-0.2, -0.15) is 0 Å². The molecule has 1 aromatic rings. The number of hydrogen-bond donors (Lipinski definition) is 1. The van der Waals surface area contributed by atoms with E-state index >= 15 is 0 Å². The Hall–Kier alpha value is -0.480. The molecule has 1 nitrogen and oxygen atoms in total. The first-order chi connectivity index (χ1) is 7.11. The van der Waals surface area contributed by atoms with E-state index in [1.807, 2.05) is 6.92 Å². The van der Waals surface area contributed by atoms with Crippen LogP contribution in [0.3, 0.4) is 0 Å². The largest absolute Gasteiger partial charge is 0.313 e. The van der Waals surface area contributed by atoms with Crippen LogP contribution < -0.4 is 5.32 Å². The van der Waals surface area contributed by atoms with Gasteiger partial charge >= 0.3 is 0 Å². The van der Waals surface area contributed by atoms with Gasteiger partial charge in [0.05, 0.1) is 4.47 Å². The SMILES string of the molecule is CCCC(NC)c1c(F)ccc(Br)c1F. The summed E-state index contributed by atoms with van der Waals surface area (Å²) in [5, 5.41) is 2.93. The Kier molecular flexibility index (Phi) is 4.67. The lowest BCUT2D eigenvalue weighted by molar-refractivity contribution is 0.466. The Morgan fingerprint density at radius 1 is 1.40 bits per heavy atom. The molecule has 0 aliphatic heterocycles. The zero-order chi connectivity index (χ0) is 11.4. The lowest BCUT2D eigenvalue weighted by Gasteiger charge is -2.17. The van der Waals surface area contributed by atoms with Crippen molar-refractivity contribution in [3.05, 3.63) is 33.8 Å². The van der Waals surface area contributed by atoms with Gasteiger partial charge in [-0.15, -0.1) is 0 Å². The molecule has 1 N–H and O–H groups in total. The molecule has 1 aromatic carbocycles. The predicted octanol–water partition coefficient (Wildman–Crippen LogP) is 3.79. The number of benzene rings is 1. The molecule has 0 aromatic heterocycles. The van der Waals surface area contributed by atoms with E-state index in [0.29, 0.717) is 10.9 Å². The Morgan fingerprint density at radius 3 is 2.60 bits per heavy atom. The Bertz CT molecular complexity index is 342. The van der Waals surface area contributed by atoms with E-state index in [9.17, 15) is 8.78 Å². The van der Waals surface area contributed by atoms with Gasteiger partial charge < -0.3 is 5.32 Å². The molecule has 0 fully saturated rings. The summed E-state index contributed by atoms with van der Waals surface area (Å²) in [6.07, 6.45) is 1.58. The van der Waals surface area contributed by atoms with E-state index in [4.69, 9.17) is 0 Å². The van der Waals surface area contributed by atoms with Crippen molar-refractivity contribution >= 4 is 15.9 Å². The minimum Gasteiger partial charge on any atom is -0.313 e. The van der Waals surface area contributed by atoms with Crippen LogP contribution in [0.1, 0.15) is 31.4 Å². The quantitative estimate of drug-likeness (QED) is 0.826. The first-order valence-electron chi connectivity index (χ1n) is 4.92. The van der Waals surface area contributed by atoms with Gasteiger partial charge in [0.25, 0.3) is 0 Å². The first kappa shape index (κ1) is 12.6. The molecular weight excluding hydrogens is 264 g/mol. The van der Waals surface area contributed by atoms with Crippen molar-refractivity contribution in [3.8, 4) is 0 Å². The van der Waals surface area contributed by atoms with Crippen LogP contribution in [0.4, 0.5) is 8.78 Å². The van der Waals surface area contributed by atoms with Gasteiger partial charge in [-0.05, 0) is 41.5 Å². The Morgan fingerprint density at radius 2 is 2.07 bits per heavy atom. The summed E-state index contributed by atoms with van der Waals surface area (Å²) < 4.78 is 27.5. The summed E-state index contributed by atoms with van der Waals surface area (Å²) in [6.45, 7) is 1.98. The van der Waals surface area contributed by atoms with Gasteiger partial charge in [-0.25, -0.2) is 8.78 Å². The van der Waals surface area contributed by atoms with E-state index in [-0.39, 0.29) is 11.6 Å². The topological polar surface area (TPSA) is 12.0 Å². The van der Waals surface area contributed by atoms with Gasteiger partial charge in [0.15, 0.2) is 0 Å². The van der Waals surface area contributed by atoms with Gasteiger partial charge in [-0.3, -0.25) is 0 Å². The van der Waals surface area contributed by atoms with Crippen LogP contribution in [0.5, 0.6) is 0 Å². The van der Waals surface area contributed by atoms with Crippen LogP contribution in [-0.2, 0) is 0 Å². The molecular formula is C11H14BrF2N. The molecule has 0 bridgehead atoms. The fraction of sp³-hybridized carbons (Fsp3) is 0.455. The summed E-state index contributed by atoms with van der Waals surface area (Å²) in [5.74, 6) is -1.01.